The van der Waals surface area contributed by atoms with E-state index in [1.54, 1.807) is 28.9 Å². The summed E-state index contributed by atoms with van der Waals surface area (Å²) in [5, 5.41) is 3.08. The van der Waals surface area contributed by atoms with Crippen LogP contribution in [0.25, 0.3) is 0 Å². The van der Waals surface area contributed by atoms with Crippen molar-refractivity contribution >= 4 is 33.8 Å². The molecule has 28 heavy (non-hydrogen) atoms. The molecule has 2 heterocycles. The molecule has 2 saturated heterocycles. The number of hydrogen-bond donors (Lipinski definition) is 1. The molecule has 3 amide bonds. The topological polar surface area (TPSA) is 79.0 Å². The first-order chi connectivity index (χ1) is 13.5. The standard InChI is InChI=1S/C20H26BrN3O4/c1-2-28-20(27)23-12-9-16(10-13-23)22-18(25)17-4-3-11-24(17)19(26)14-5-7-15(21)8-6-14/h5-8,16-17H,2-4,9-13H2,1H3,(H,22,25). The minimum atomic E-state index is -0.431. The Balaban J connectivity index is 1.54. The lowest BCUT2D eigenvalue weighted by atomic mass is 10.0. The van der Waals surface area contributed by atoms with Crippen LogP contribution in [-0.4, -0.2) is 66.0 Å². The van der Waals surface area contributed by atoms with Crippen LogP contribution in [0.15, 0.2) is 28.7 Å². The highest BCUT2D eigenvalue weighted by Crippen LogP contribution is 2.22. The van der Waals surface area contributed by atoms with Gasteiger partial charge in [0.25, 0.3) is 5.91 Å². The molecule has 1 aromatic rings. The molecule has 1 unspecified atom stereocenters. The van der Waals surface area contributed by atoms with E-state index in [2.05, 4.69) is 21.2 Å². The van der Waals surface area contributed by atoms with Crippen LogP contribution < -0.4 is 5.32 Å². The zero-order valence-electron chi connectivity index (χ0n) is 16.0. The molecule has 0 spiro atoms. The largest absolute Gasteiger partial charge is 0.450 e. The minimum Gasteiger partial charge on any atom is -0.450 e. The van der Waals surface area contributed by atoms with E-state index in [9.17, 15) is 14.4 Å². The smallest absolute Gasteiger partial charge is 0.409 e. The number of benzene rings is 1. The van der Waals surface area contributed by atoms with E-state index < -0.39 is 6.04 Å². The van der Waals surface area contributed by atoms with Crippen molar-refractivity contribution in [1.29, 1.82) is 0 Å². The monoisotopic (exact) mass is 451 g/mol. The van der Waals surface area contributed by atoms with Gasteiger partial charge in [0.15, 0.2) is 0 Å². The molecule has 0 saturated carbocycles. The van der Waals surface area contributed by atoms with Gasteiger partial charge >= 0.3 is 6.09 Å². The summed E-state index contributed by atoms with van der Waals surface area (Å²) in [4.78, 5) is 40.8. The van der Waals surface area contributed by atoms with Gasteiger partial charge in [-0.05, 0) is 56.9 Å². The highest BCUT2D eigenvalue weighted by molar-refractivity contribution is 9.10. The molecule has 0 radical (unpaired) electrons. The van der Waals surface area contributed by atoms with Gasteiger partial charge in [0.1, 0.15) is 6.04 Å². The van der Waals surface area contributed by atoms with Crippen LogP contribution >= 0.6 is 15.9 Å². The Morgan fingerprint density at radius 1 is 1.11 bits per heavy atom. The number of carbonyl (C=O) groups excluding carboxylic acids is 3. The van der Waals surface area contributed by atoms with Gasteiger partial charge < -0.3 is 19.9 Å². The van der Waals surface area contributed by atoms with E-state index in [0.717, 1.165) is 10.9 Å². The first kappa shape index (κ1) is 20.6. The zero-order valence-corrected chi connectivity index (χ0v) is 17.6. The van der Waals surface area contributed by atoms with Gasteiger partial charge in [-0.25, -0.2) is 4.79 Å². The second-order valence-corrected chi connectivity index (χ2v) is 8.05. The summed E-state index contributed by atoms with van der Waals surface area (Å²) in [5.41, 5.74) is 0.589. The van der Waals surface area contributed by atoms with E-state index in [-0.39, 0.29) is 23.9 Å². The van der Waals surface area contributed by atoms with E-state index in [1.807, 2.05) is 12.1 Å². The van der Waals surface area contributed by atoms with Crippen LogP contribution in [0.3, 0.4) is 0 Å². The van der Waals surface area contributed by atoms with Crippen molar-refractivity contribution < 1.29 is 19.1 Å². The van der Waals surface area contributed by atoms with Crippen molar-refractivity contribution in [2.24, 2.45) is 0 Å². The number of nitrogens with zero attached hydrogens (tertiary/aromatic N) is 2. The maximum absolute atomic E-state index is 12.8. The van der Waals surface area contributed by atoms with E-state index in [0.29, 0.717) is 51.1 Å². The molecule has 3 rings (SSSR count). The Hall–Kier alpha value is -2.09. The lowest BCUT2D eigenvalue weighted by Gasteiger charge is -2.33. The molecule has 1 atom stereocenters. The quantitative estimate of drug-likeness (QED) is 0.762. The number of nitrogens with one attached hydrogen (secondary N) is 1. The number of carbonyl (C=O) groups is 3. The normalized spacial score (nSPS) is 20.1. The Bertz CT molecular complexity index is 717. The maximum Gasteiger partial charge on any atom is 0.409 e. The number of rotatable bonds is 4. The first-order valence-electron chi connectivity index (χ1n) is 9.78. The van der Waals surface area contributed by atoms with E-state index in [1.165, 1.54) is 0 Å². The van der Waals surface area contributed by atoms with Crippen molar-refractivity contribution in [2.45, 2.75) is 44.7 Å². The fraction of sp³-hybridized carbons (Fsp3) is 0.550. The first-order valence-corrected chi connectivity index (χ1v) is 10.6. The molecule has 1 aromatic carbocycles. The van der Waals surface area contributed by atoms with Gasteiger partial charge in [-0.15, -0.1) is 0 Å². The van der Waals surface area contributed by atoms with Gasteiger partial charge in [0, 0.05) is 35.7 Å². The average Bonchev–Trinajstić information content (AvgIpc) is 3.19. The van der Waals surface area contributed by atoms with Crippen LogP contribution in [0.4, 0.5) is 4.79 Å². The van der Waals surface area contributed by atoms with Crippen LogP contribution in [-0.2, 0) is 9.53 Å². The molecule has 0 aliphatic carbocycles. The Morgan fingerprint density at radius 2 is 1.79 bits per heavy atom. The Morgan fingerprint density at radius 3 is 2.43 bits per heavy atom. The predicted octanol–water partition coefficient (Wildman–Crippen LogP) is 2.79. The van der Waals surface area contributed by atoms with Crippen molar-refractivity contribution in [3.63, 3.8) is 0 Å². The van der Waals surface area contributed by atoms with E-state index >= 15 is 0 Å². The van der Waals surface area contributed by atoms with Crippen molar-refractivity contribution in [2.75, 3.05) is 26.2 Å². The molecule has 0 bridgehead atoms. The molecule has 7 nitrogen and oxygen atoms in total. The molecule has 152 valence electrons. The second kappa shape index (κ2) is 9.41. The fourth-order valence-electron chi connectivity index (χ4n) is 3.76. The van der Waals surface area contributed by atoms with Gasteiger partial charge in [0.2, 0.25) is 5.91 Å². The number of likely N-dealkylation sites (tertiary alicyclic amines) is 2. The molecule has 0 aromatic heterocycles. The van der Waals surface area contributed by atoms with Crippen molar-refractivity contribution in [1.82, 2.24) is 15.1 Å². The fourth-order valence-corrected chi connectivity index (χ4v) is 4.02. The predicted molar refractivity (Wildman–Crippen MR) is 108 cm³/mol. The third kappa shape index (κ3) is 4.84. The van der Waals surface area contributed by atoms with Gasteiger partial charge in [-0.3, -0.25) is 9.59 Å². The molecular formula is C20H26BrN3O4. The molecule has 2 aliphatic heterocycles. The summed E-state index contributed by atoms with van der Waals surface area (Å²) < 4.78 is 5.93. The lowest BCUT2D eigenvalue weighted by molar-refractivity contribution is -0.125. The van der Waals surface area contributed by atoms with Crippen LogP contribution in [0.5, 0.6) is 0 Å². The maximum atomic E-state index is 12.8. The number of piperidine rings is 1. The third-order valence-corrected chi connectivity index (χ3v) is 5.80. The molecule has 2 aliphatic rings. The number of halogens is 1. The second-order valence-electron chi connectivity index (χ2n) is 7.13. The highest BCUT2D eigenvalue weighted by atomic mass is 79.9. The Kier molecular flexibility index (Phi) is 6.93. The third-order valence-electron chi connectivity index (χ3n) is 5.27. The summed E-state index contributed by atoms with van der Waals surface area (Å²) in [6.07, 6.45) is 2.59. The minimum absolute atomic E-state index is 0.0170. The lowest BCUT2D eigenvalue weighted by Crippen LogP contribution is -2.52. The molecule has 8 heteroatoms. The Labute approximate surface area is 173 Å². The highest BCUT2D eigenvalue weighted by Gasteiger charge is 2.36. The summed E-state index contributed by atoms with van der Waals surface area (Å²) in [5.74, 6) is -0.208. The number of ether oxygens (including phenoxy) is 1. The molecule has 1 N–H and O–H groups in total. The summed E-state index contributed by atoms with van der Waals surface area (Å²) in [6, 6.07) is 6.78. The van der Waals surface area contributed by atoms with Gasteiger partial charge in [-0.2, -0.15) is 0 Å². The van der Waals surface area contributed by atoms with E-state index in [4.69, 9.17) is 4.74 Å². The number of amides is 3. The van der Waals surface area contributed by atoms with Crippen molar-refractivity contribution in [3.8, 4) is 0 Å². The van der Waals surface area contributed by atoms with Crippen LogP contribution in [0.1, 0.15) is 43.0 Å². The molecular weight excluding hydrogens is 426 g/mol. The van der Waals surface area contributed by atoms with Crippen molar-refractivity contribution in [3.05, 3.63) is 34.3 Å². The van der Waals surface area contributed by atoms with Crippen LogP contribution in [0, 0.1) is 0 Å². The number of hydrogen-bond acceptors (Lipinski definition) is 4. The summed E-state index contributed by atoms with van der Waals surface area (Å²) in [7, 11) is 0. The summed E-state index contributed by atoms with van der Waals surface area (Å²) >= 11 is 3.37. The average molecular weight is 452 g/mol. The van der Waals surface area contributed by atoms with Gasteiger partial charge in [-0.1, -0.05) is 15.9 Å². The summed E-state index contributed by atoms with van der Waals surface area (Å²) in [6.45, 7) is 3.87. The molecule has 2 fully saturated rings. The zero-order chi connectivity index (χ0) is 20.1. The van der Waals surface area contributed by atoms with Gasteiger partial charge in [0.05, 0.1) is 6.61 Å². The van der Waals surface area contributed by atoms with Crippen LogP contribution in [0.2, 0.25) is 0 Å². The SMILES string of the molecule is CCOC(=O)N1CCC(NC(=O)C2CCCN2C(=O)c2ccc(Br)cc2)CC1.